The van der Waals surface area contributed by atoms with Crippen LogP contribution in [0.5, 0.6) is 0 Å². The van der Waals surface area contributed by atoms with Crippen LogP contribution in [0.15, 0.2) is 36.4 Å². The van der Waals surface area contributed by atoms with Crippen molar-refractivity contribution in [2.45, 2.75) is 13.5 Å². The Morgan fingerprint density at radius 1 is 1.19 bits per heavy atom. The average Bonchev–Trinajstić information content (AvgIpc) is 2.27. The zero-order valence-electron chi connectivity index (χ0n) is 9.14. The molecule has 2 rings (SSSR count). The van der Waals surface area contributed by atoms with E-state index in [0.29, 0.717) is 11.6 Å². The number of nitrogens with zero attached hydrogens (tertiary/aromatic N) is 2. The van der Waals surface area contributed by atoms with Crippen molar-refractivity contribution in [1.82, 2.24) is 9.97 Å². The SMILES string of the molecule is Cc1nc(N)cc(NCc2ccccc2)n1. The van der Waals surface area contributed by atoms with Crippen molar-refractivity contribution in [2.75, 3.05) is 11.1 Å². The van der Waals surface area contributed by atoms with Gasteiger partial charge in [-0.1, -0.05) is 30.3 Å². The molecule has 0 aliphatic rings. The maximum atomic E-state index is 5.64. The Kier molecular flexibility index (Phi) is 3.00. The molecule has 0 spiro atoms. The number of hydrogen-bond acceptors (Lipinski definition) is 4. The van der Waals surface area contributed by atoms with Gasteiger partial charge < -0.3 is 11.1 Å². The Balaban J connectivity index is 2.05. The second-order valence-electron chi connectivity index (χ2n) is 3.56. The fourth-order valence-corrected chi connectivity index (χ4v) is 1.47. The number of nitrogens with two attached hydrogens (primary N) is 1. The average molecular weight is 214 g/mol. The molecule has 3 N–H and O–H groups in total. The lowest BCUT2D eigenvalue weighted by Crippen LogP contribution is -2.04. The van der Waals surface area contributed by atoms with Crippen LogP contribution >= 0.6 is 0 Å². The van der Waals surface area contributed by atoms with Crippen molar-refractivity contribution in [2.24, 2.45) is 0 Å². The van der Waals surface area contributed by atoms with E-state index in [1.807, 2.05) is 25.1 Å². The van der Waals surface area contributed by atoms with Gasteiger partial charge in [0.2, 0.25) is 0 Å². The van der Waals surface area contributed by atoms with Gasteiger partial charge in [-0.25, -0.2) is 9.97 Å². The van der Waals surface area contributed by atoms with E-state index in [1.54, 1.807) is 6.07 Å². The van der Waals surface area contributed by atoms with Crippen LogP contribution in [0.2, 0.25) is 0 Å². The molecule has 1 aromatic heterocycles. The van der Waals surface area contributed by atoms with Gasteiger partial charge in [0.05, 0.1) is 0 Å². The molecular formula is C12H14N4. The summed E-state index contributed by atoms with van der Waals surface area (Å²) in [5.41, 5.74) is 6.84. The van der Waals surface area contributed by atoms with Gasteiger partial charge in [0.1, 0.15) is 17.5 Å². The molecule has 0 fully saturated rings. The van der Waals surface area contributed by atoms with Gasteiger partial charge in [-0.05, 0) is 12.5 Å². The van der Waals surface area contributed by atoms with E-state index >= 15 is 0 Å². The summed E-state index contributed by atoms with van der Waals surface area (Å²) in [7, 11) is 0. The molecule has 0 amide bonds. The van der Waals surface area contributed by atoms with Gasteiger partial charge in [-0.2, -0.15) is 0 Å². The largest absolute Gasteiger partial charge is 0.384 e. The maximum Gasteiger partial charge on any atom is 0.132 e. The lowest BCUT2D eigenvalue weighted by molar-refractivity contribution is 1.03. The Labute approximate surface area is 94.5 Å². The smallest absolute Gasteiger partial charge is 0.132 e. The van der Waals surface area contributed by atoms with Crippen LogP contribution in [-0.2, 0) is 6.54 Å². The van der Waals surface area contributed by atoms with Crippen LogP contribution in [0, 0.1) is 6.92 Å². The molecule has 1 heterocycles. The third kappa shape index (κ3) is 2.70. The summed E-state index contributed by atoms with van der Waals surface area (Å²) in [6, 6.07) is 11.9. The Morgan fingerprint density at radius 3 is 2.62 bits per heavy atom. The van der Waals surface area contributed by atoms with E-state index in [1.165, 1.54) is 5.56 Å². The molecule has 0 aliphatic heterocycles. The summed E-state index contributed by atoms with van der Waals surface area (Å²) in [6.07, 6.45) is 0. The Bertz CT molecular complexity index is 447. The van der Waals surface area contributed by atoms with Crippen molar-refractivity contribution < 1.29 is 0 Å². The molecule has 2 aromatic rings. The monoisotopic (exact) mass is 214 g/mol. The van der Waals surface area contributed by atoms with Crippen LogP contribution < -0.4 is 11.1 Å². The predicted octanol–water partition coefficient (Wildman–Crippen LogP) is 1.98. The summed E-state index contributed by atoms with van der Waals surface area (Å²) >= 11 is 0. The molecule has 4 heteroatoms. The van der Waals surface area contributed by atoms with E-state index in [9.17, 15) is 0 Å². The van der Waals surface area contributed by atoms with Crippen LogP contribution in [0.1, 0.15) is 11.4 Å². The second-order valence-corrected chi connectivity index (χ2v) is 3.56. The van der Waals surface area contributed by atoms with Gasteiger partial charge >= 0.3 is 0 Å². The number of nitrogen functional groups attached to an aromatic ring is 1. The van der Waals surface area contributed by atoms with Crippen molar-refractivity contribution >= 4 is 11.6 Å². The molecule has 4 nitrogen and oxygen atoms in total. The first-order valence-electron chi connectivity index (χ1n) is 5.13. The molecule has 82 valence electrons. The predicted molar refractivity (Wildman–Crippen MR) is 65.0 cm³/mol. The van der Waals surface area contributed by atoms with Gasteiger partial charge in [0.25, 0.3) is 0 Å². The summed E-state index contributed by atoms with van der Waals surface area (Å²) < 4.78 is 0. The summed E-state index contributed by atoms with van der Waals surface area (Å²) in [5.74, 6) is 1.92. The lowest BCUT2D eigenvalue weighted by atomic mass is 10.2. The summed E-state index contributed by atoms with van der Waals surface area (Å²) in [6.45, 7) is 2.56. The standard InChI is InChI=1S/C12H14N4/c1-9-15-11(13)7-12(16-9)14-8-10-5-3-2-4-6-10/h2-7H,8H2,1H3,(H3,13,14,15,16). The van der Waals surface area contributed by atoms with Crippen LogP contribution in [0.3, 0.4) is 0 Å². The summed E-state index contributed by atoms with van der Waals surface area (Å²) in [4.78, 5) is 8.26. The third-order valence-corrected chi connectivity index (χ3v) is 2.17. The number of aryl methyl sites for hydroxylation is 1. The Morgan fingerprint density at radius 2 is 1.94 bits per heavy atom. The minimum Gasteiger partial charge on any atom is -0.384 e. The first-order chi connectivity index (χ1) is 7.74. The normalized spacial score (nSPS) is 10.1. The van der Waals surface area contributed by atoms with Gasteiger partial charge in [0, 0.05) is 12.6 Å². The quantitative estimate of drug-likeness (QED) is 0.820. The molecule has 1 aromatic carbocycles. The minimum atomic E-state index is 0.489. The highest BCUT2D eigenvalue weighted by atomic mass is 15.0. The lowest BCUT2D eigenvalue weighted by Gasteiger charge is -2.06. The number of rotatable bonds is 3. The van der Waals surface area contributed by atoms with E-state index in [0.717, 1.165) is 12.4 Å². The molecule has 0 saturated carbocycles. The van der Waals surface area contributed by atoms with Gasteiger partial charge in [-0.15, -0.1) is 0 Å². The number of benzene rings is 1. The molecule has 0 atom stereocenters. The molecule has 0 saturated heterocycles. The highest BCUT2D eigenvalue weighted by molar-refractivity contribution is 5.44. The number of aromatic nitrogens is 2. The Hall–Kier alpha value is -2.10. The van der Waals surface area contributed by atoms with Gasteiger partial charge in [-0.3, -0.25) is 0 Å². The number of anilines is 2. The van der Waals surface area contributed by atoms with Gasteiger partial charge in [0.15, 0.2) is 0 Å². The topological polar surface area (TPSA) is 63.8 Å². The highest BCUT2D eigenvalue weighted by Gasteiger charge is 1.98. The fourth-order valence-electron chi connectivity index (χ4n) is 1.47. The zero-order chi connectivity index (χ0) is 11.4. The molecule has 16 heavy (non-hydrogen) atoms. The van der Waals surface area contributed by atoms with E-state index in [-0.39, 0.29) is 0 Å². The van der Waals surface area contributed by atoms with Crippen molar-refractivity contribution in [3.05, 3.63) is 47.8 Å². The minimum absolute atomic E-state index is 0.489. The maximum absolute atomic E-state index is 5.64. The first-order valence-corrected chi connectivity index (χ1v) is 5.13. The molecule has 0 bridgehead atoms. The zero-order valence-corrected chi connectivity index (χ0v) is 9.14. The highest BCUT2D eigenvalue weighted by Crippen LogP contribution is 2.09. The van der Waals surface area contributed by atoms with Crippen molar-refractivity contribution in [1.29, 1.82) is 0 Å². The van der Waals surface area contributed by atoms with Crippen molar-refractivity contribution in [3.8, 4) is 0 Å². The fraction of sp³-hybridized carbons (Fsp3) is 0.167. The van der Waals surface area contributed by atoms with E-state index < -0.39 is 0 Å². The van der Waals surface area contributed by atoms with Crippen LogP contribution in [-0.4, -0.2) is 9.97 Å². The molecule has 0 aliphatic carbocycles. The van der Waals surface area contributed by atoms with E-state index in [4.69, 9.17) is 5.73 Å². The van der Waals surface area contributed by atoms with Crippen molar-refractivity contribution in [3.63, 3.8) is 0 Å². The van der Waals surface area contributed by atoms with Crippen LogP contribution in [0.25, 0.3) is 0 Å². The molecule has 0 radical (unpaired) electrons. The summed E-state index contributed by atoms with van der Waals surface area (Å²) in [5, 5.41) is 3.21. The number of nitrogens with one attached hydrogen (secondary N) is 1. The number of hydrogen-bond donors (Lipinski definition) is 2. The molecular weight excluding hydrogens is 200 g/mol. The molecule has 0 unspecified atom stereocenters. The van der Waals surface area contributed by atoms with Crippen LogP contribution in [0.4, 0.5) is 11.6 Å². The third-order valence-electron chi connectivity index (χ3n) is 2.17. The van der Waals surface area contributed by atoms with E-state index in [2.05, 4.69) is 27.4 Å². The second kappa shape index (κ2) is 4.61. The first kappa shape index (κ1) is 10.4.